The highest BCUT2D eigenvalue weighted by molar-refractivity contribution is 6.35. The molecule has 130 valence electrons. The van der Waals surface area contributed by atoms with Gasteiger partial charge in [0.1, 0.15) is 10.8 Å². The van der Waals surface area contributed by atoms with Crippen molar-refractivity contribution in [2.45, 2.75) is 20.8 Å². The molecule has 1 heterocycles. The molecule has 0 saturated carbocycles. The van der Waals surface area contributed by atoms with Crippen LogP contribution < -0.4 is 15.1 Å². The third-order valence-electron chi connectivity index (χ3n) is 3.69. The summed E-state index contributed by atoms with van der Waals surface area (Å²) >= 11 is 6.55. The van der Waals surface area contributed by atoms with Gasteiger partial charge in [-0.3, -0.25) is 0 Å². The predicted octanol–water partition coefficient (Wildman–Crippen LogP) is 4.34. The molecule has 1 aromatic carbocycles. The van der Waals surface area contributed by atoms with Crippen LogP contribution in [0.15, 0.2) is 24.3 Å². The number of anilines is 4. The third-order valence-corrected chi connectivity index (χ3v) is 4.04. The highest BCUT2D eigenvalue weighted by Gasteiger charge is 2.16. The van der Waals surface area contributed by atoms with E-state index in [0.29, 0.717) is 28.4 Å². The first-order chi connectivity index (χ1) is 11.3. The molecular formula is C18H26ClN5. The van der Waals surface area contributed by atoms with Gasteiger partial charge in [-0.25, -0.2) is 9.97 Å². The number of benzene rings is 1. The molecule has 0 radical (unpaired) electrons. The van der Waals surface area contributed by atoms with E-state index < -0.39 is 0 Å². The van der Waals surface area contributed by atoms with Crippen molar-refractivity contribution in [2.75, 3.05) is 42.8 Å². The highest BCUT2D eigenvalue weighted by atomic mass is 35.5. The lowest BCUT2D eigenvalue weighted by Gasteiger charge is -2.22. The summed E-state index contributed by atoms with van der Waals surface area (Å²) in [5, 5.41) is 3.85. The molecule has 0 spiro atoms. The molecule has 1 aromatic heterocycles. The van der Waals surface area contributed by atoms with Crippen LogP contribution in [0.3, 0.4) is 0 Å². The van der Waals surface area contributed by atoms with Crippen LogP contribution in [0.5, 0.6) is 0 Å². The molecular weight excluding hydrogens is 322 g/mol. The minimum atomic E-state index is 0.510. The minimum Gasteiger partial charge on any atom is -0.378 e. The molecule has 0 aliphatic rings. The first-order valence-electron chi connectivity index (χ1n) is 8.08. The van der Waals surface area contributed by atoms with Gasteiger partial charge in [0.25, 0.3) is 0 Å². The molecule has 6 heteroatoms. The first kappa shape index (κ1) is 18.3. The molecule has 0 bridgehead atoms. The number of aromatic nitrogens is 2. The maximum absolute atomic E-state index is 6.55. The lowest BCUT2D eigenvalue weighted by atomic mass is 10.2. The lowest BCUT2D eigenvalue weighted by molar-refractivity contribution is 0.686. The van der Waals surface area contributed by atoms with E-state index in [1.54, 1.807) is 0 Å². The van der Waals surface area contributed by atoms with Gasteiger partial charge in [-0.2, -0.15) is 0 Å². The molecule has 0 unspecified atom stereocenters. The van der Waals surface area contributed by atoms with Crippen LogP contribution in [0.25, 0.3) is 0 Å². The van der Waals surface area contributed by atoms with Crippen LogP contribution in [-0.4, -0.2) is 37.7 Å². The van der Waals surface area contributed by atoms with Gasteiger partial charge >= 0.3 is 0 Å². The number of rotatable bonds is 6. The first-order valence-corrected chi connectivity index (χ1v) is 8.46. The Morgan fingerprint density at radius 3 is 2.17 bits per heavy atom. The zero-order valence-corrected chi connectivity index (χ0v) is 16.0. The Balaban J connectivity index is 2.32. The Kier molecular flexibility index (Phi) is 5.89. The zero-order chi connectivity index (χ0) is 17.9. The van der Waals surface area contributed by atoms with Crippen LogP contribution in [0, 0.1) is 12.8 Å². The summed E-state index contributed by atoms with van der Waals surface area (Å²) in [6.45, 7) is 6.99. The van der Waals surface area contributed by atoms with Crippen molar-refractivity contribution < 1.29 is 0 Å². The van der Waals surface area contributed by atoms with Crippen molar-refractivity contribution in [3.8, 4) is 0 Å². The van der Waals surface area contributed by atoms with Gasteiger partial charge in [-0.1, -0.05) is 25.4 Å². The largest absolute Gasteiger partial charge is 0.378 e. The highest BCUT2D eigenvalue weighted by Crippen LogP contribution is 2.33. The molecule has 2 rings (SSSR count). The van der Waals surface area contributed by atoms with Gasteiger partial charge in [0.2, 0.25) is 0 Å². The van der Waals surface area contributed by atoms with E-state index in [9.17, 15) is 0 Å². The summed E-state index contributed by atoms with van der Waals surface area (Å²) in [7, 11) is 6.01. The van der Waals surface area contributed by atoms with Crippen molar-refractivity contribution in [3.63, 3.8) is 0 Å². The van der Waals surface area contributed by atoms with Gasteiger partial charge < -0.3 is 15.1 Å². The fourth-order valence-corrected chi connectivity index (χ4v) is 2.56. The van der Waals surface area contributed by atoms with E-state index in [-0.39, 0.29) is 0 Å². The van der Waals surface area contributed by atoms with Crippen molar-refractivity contribution in [1.29, 1.82) is 0 Å². The maximum atomic E-state index is 6.55. The number of nitrogens with one attached hydrogen (secondary N) is 1. The normalized spacial score (nSPS) is 10.8. The fraction of sp³-hybridized carbons (Fsp3) is 0.444. The molecule has 0 aliphatic heterocycles. The van der Waals surface area contributed by atoms with Crippen molar-refractivity contribution in [3.05, 3.63) is 35.1 Å². The standard InChI is InChI=1S/C18H26ClN5/c1-12(2)11-20-17-16(19)18(22-13(3)21-17)24(6)15-9-7-14(8-10-15)23(4)5/h7-10,12H,11H2,1-6H3,(H,20,21,22). The number of aryl methyl sites for hydroxylation is 1. The SMILES string of the molecule is Cc1nc(NCC(C)C)c(Cl)c(N(C)c2ccc(N(C)C)cc2)n1. The van der Waals surface area contributed by atoms with Crippen LogP contribution in [0.2, 0.25) is 5.02 Å². The van der Waals surface area contributed by atoms with Crippen molar-refractivity contribution in [1.82, 2.24) is 9.97 Å². The van der Waals surface area contributed by atoms with Crippen LogP contribution in [-0.2, 0) is 0 Å². The van der Waals surface area contributed by atoms with E-state index in [0.717, 1.165) is 17.9 Å². The summed E-state index contributed by atoms with van der Waals surface area (Å²) in [5.74, 6) is 2.59. The van der Waals surface area contributed by atoms with E-state index >= 15 is 0 Å². The average Bonchev–Trinajstić information content (AvgIpc) is 2.54. The second-order valence-electron chi connectivity index (χ2n) is 6.50. The topological polar surface area (TPSA) is 44.3 Å². The zero-order valence-electron chi connectivity index (χ0n) is 15.3. The van der Waals surface area contributed by atoms with Gasteiger partial charge in [-0.05, 0) is 37.1 Å². The molecule has 0 saturated heterocycles. The molecule has 0 aliphatic carbocycles. The van der Waals surface area contributed by atoms with E-state index in [1.165, 1.54) is 0 Å². The quantitative estimate of drug-likeness (QED) is 0.842. The summed E-state index contributed by atoms with van der Waals surface area (Å²) in [4.78, 5) is 13.0. The van der Waals surface area contributed by atoms with Crippen molar-refractivity contribution in [2.24, 2.45) is 5.92 Å². The molecule has 0 atom stereocenters. The van der Waals surface area contributed by atoms with Gasteiger partial charge in [0.15, 0.2) is 11.6 Å². The molecule has 5 nitrogen and oxygen atoms in total. The summed E-state index contributed by atoms with van der Waals surface area (Å²) in [6.07, 6.45) is 0. The van der Waals surface area contributed by atoms with E-state index in [2.05, 4.69) is 58.3 Å². The van der Waals surface area contributed by atoms with Gasteiger partial charge in [-0.15, -0.1) is 0 Å². The van der Waals surface area contributed by atoms with E-state index in [1.807, 2.05) is 33.0 Å². The number of halogens is 1. The summed E-state index contributed by atoms with van der Waals surface area (Å²) in [5.41, 5.74) is 2.17. The monoisotopic (exact) mass is 347 g/mol. The molecule has 24 heavy (non-hydrogen) atoms. The third kappa shape index (κ3) is 4.29. The Morgan fingerprint density at radius 2 is 1.62 bits per heavy atom. The number of nitrogens with zero attached hydrogens (tertiary/aromatic N) is 4. The molecule has 1 N–H and O–H groups in total. The second kappa shape index (κ2) is 7.71. The number of hydrogen-bond donors (Lipinski definition) is 1. The Hall–Kier alpha value is -2.01. The van der Waals surface area contributed by atoms with E-state index in [4.69, 9.17) is 11.6 Å². The van der Waals surface area contributed by atoms with Crippen LogP contribution >= 0.6 is 11.6 Å². The van der Waals surface area contributed by atoms with Crippen LogP contribution in [0.4, 0.5) is 23.0 Å². The molecule has 0 fully saturated rings. The summed E-state index contributed by atoms with van der Waals surface area (Å²) in [6, 6.07) is 8.27. The Bertz CT molecular complexity index is 683. The second-order valence-corrected chi connectivity index (χ2v) is 6.88. The Morgan fingerprint density at radius 1 is 1.04 bits per heavy atom. The van der Waals surface area contributed by atoms with Gasteiger partial charge in [0.05, 0.1) is 0 Å². The Labute approximate surface area is 149 Å². The predicted molar refractivity (Wildman–Crippen MR) is 104 cm³/mol. The fourth-order valence-electron chi connectivity index (χ4n) is 2.28. The van der Waals surface area contributed by atoms with Gasteiger partial charge in [0, 0.05) is 39.1 Å². The van der Waals surface area contributed by atoms with Crippen LogP contribution in [0.1, 0.15) is 19.7 Å². The molecule has 0 amide bonds. The smallest absolute Gasteiger partial charge is 0.157 e. The minimum absolute atomic E-state index is 0.510. The summed E-state index contributed by atoms with van der Waals surface area (Å²) < 4.78 is 0. The lowest BCUT2D eigenvalue weighted by Crippen LogP contribution is -2.16. The molecule has 2 aromatic rings. The van der Waals surface area contributed by atoms with Crippen molar-refractivity contribution >= 4 is 34.6 Å². The maximum Gasteiger partial charge on any atom is 0.157 e. The number of hydrogen-bond acceptors (Lipinski definition) is 5. The average molecular weight is 348 g/mol.